The Labute approximate surface area is 89.0 Å². The Balaban J connectivity index is 2.04. The molecule has 1 aliphatic carbocycles. The smallest absolute Gasteiger partial charge is 0.130 e. The summed E-state index contributed by atoms with van der Waals surface area (Å²) >= 11 is 0. The summed E-state index contributed by atoms with van der Waals surface area (Å²) in [6, 6.07) is 10.6. The molecule has 1 aromatic heterocycles. The van der Waals surface area contributed by atoms with Gasteiger partial charge in [0.1, 0.15) is 5.76 Å². The Morgan fingerprint density at radius 1 is 1.20 bits per heavy atom. The van der Waals surface area contributed by atoms with Gasteiger partial charge in [-0.05, 0) is 41.8 Å². The van der Waals surface area contributed by atoms with E-state index in [4.69, 9.17) is 4.42 Å². The van der Waals surface area contributed by atoms with Crippen LogP contribution >= 0.6 is 0 Å². The van der Waals surface area contributed by atoms with Crippen molar-refractivity contribution in [2.45, 2.75) is 13.3 Å². The molecule has 0 saturated heterocycles. The molecule has 1 heteroatoms. The highest BCUT2D eigenvalue weighted by atomic mass is 16.3. The summed E-state index contributed by atoms with van der Waals surface area (Å²) in [5.74, 6) is 0.990. The monoisotopic (exact) mass is 196 g/mol. The summed E-state index contributed by atoms with van der Waals surface area (Å²) in [5.41, 5.74) is 5.32. The number of hydrogen-bond donors (Lipinski definition) is 0. The van der Waals surface area contributed by atoms with Gasteiger partial charge in [-0.2, -0.15) is 0 Å². The molecule has 0 aliphatic heterocycles. The van der Waals surface area contributed by atoms with E-state index in [1.165, 1.54) is 22.3 Å². The summed E-state index contributed by atoms with van der Waals surface area (Å²) in [6.07, 6.45) is 4.94. The molecule has 1 nitrogen and oxygen atoms in total. The highest BCUT2D eigenvalue weighted by molar-refractivity contribution is 5.86. The molecule has 0 unspecified atom stereocenters. The second-order valence-electron chi connectivity index (χ2n) is 4.03. The molecule has 3 rings (SSSR count). The van der Waals surface area contributed by atoms with Gasteiger partial charge in [-0.3, -0.25) is 0 Å². The first-order chi connectivity index (χ1) is 7.33. The predicted octanol–water partition coefficient (Wildman–Crippen LogP) is 3.68. The molecule has 0 amide bonds. The highest BCUT2D eigenvalue weighted by Crippen LogP contribution is 2.31. The van der Waals surface area contributed by atoms with Crippen LogP contribution in [0.5, 0.6) is 0 Å². The average Bonchev–Trinajstić information content (AvgIpc) is 2.84. The molecule has 0 radical (unpaired) electrons. The van der Waals surface area contributed by atoms with Gasteiger partial charge in [0.2, 0.25) is 0 Å². The summed E-state index contributed by atoms with van der Waals surface area (Å²) in [6.45, 7) is 2.12. The van der Waals surface area contributed by atoms with Gasteiger partial charge in [0.25, 0.3) is 0 Å². The lowest BCUT2D eigenvalue weighted by molar-refractivity contribution is 0.552. The Kier molecular flexibility index (Phi) is 1.78. The summed E-state index contributed by atoms with van der Waals surface area (Å²) < 4.78 is 5.41. The first kappa shape index (κ1) is 8.54. The van der Waals surface area contributed by atoms with Crippen LogP contribution in [0.4, 0.5) is 0 Å². The molecular weight excluding hydrogens is 184 g/mol. The Bertz CT molecular complexity index is 518. The number of rotatable bonds is 1. The quantitative estimate of drug-likeness (QED) is 0.678. The third-order valence-electron chi connectivity index (χ3n) is 2.85. The van der Waals surface area contributed by atoms with E-state index in [0.717, 1.165) is 12.2 Å². The van der Waals surface area contributed by atoms with Crippen LogP contribution < -0.4 is 0 Å². The van der Waals surface area contributed by atoms with E-state index < -0.39 is 0 Å². The lowest BCUT2D eigenvalue weighted by Crippen LogP contribution is -1.84. The molecule has 0 N–H and O–H groups in total. The summed E-state index contributed by atoms with van der Waals surface area (Å²) in [5, 5.41) is 0. The van der Waals surface area contributed by atoms with Gasteiger partial charge in [0.05, 0.1) is 6.26 Å². The zero-order valence-corrected chi connectivity index (χ0v) is 8.66. The number of fused-ring (bicyclic) bond motifs is 1. The van der Waals surface area contributed by atoms with Crippen LogP contribution in [-0.2, 0) is 6.42 Å². The van der Waals surface area contributed by atoms with Crippen molar-refractivity contribution in [2.75, 3.05) is 0 Å². The molecule has 1 aromatic carbocycles. The van der Waals surface area contributed by atoms with Crippen LogP contribution in [-0.4, -0.2) is 0 Å². The molecule has 0 fully saturated rings. The van der Waals surface area contributed by atoms with Gasteiger partial charge in [0.15, 0.2) is 0 Å². The van der Waals surface area contributed by atoms with Crippen molar-refractivity contribution in [1.82, 2.24) is 0 Å². The van der Waals surface area contributed by atoms with Crippen molar-refractivity contribution in [1.29, 1.82) is 0 Å². The van der Waals surface area contributed by atoms with Gasteiger partial charge in [-0.1, -0.05) is 23.8 Å². The SMILES string of the molecule is Cc1ccc2c(c1)C=C(c1ccco1)C2. The zero-order valence-electron chi connectivity index (χ0n) is 8.66. The van der Waals surface area contributed by atoms with E-state index in [-0.39, 0.29) is 0 Å². The zero-order chi connectivity index (χ0) is 10.3. The van der Waals surface area contributed by atoms with Gasteiger partial charge in [-0.15, -0.1) is 0 Å². The summed E-state index contributed by atoms with van der Waals surface area (Å²) in [4.78, 5) is 0. The lowest BCUT2D eigenvalue weighted by atomic mass is 10.1. The molecule has 0 saturated carbocycles. The maximum atomic E-state index is 5.41. The second kappa shape index (κ2) is 3.13. The number of aryl methyl sites for hydroxylation is 1. The van der Waals surface area contributed by atoms with Crippen LogP contribution in [0.25, 0.3) is 11.6 Å². The van der Waals surface area contributed by atoms with E-state index in [1.807, 2.05) is 12.1 Å². The number of furan rings is 1. The minimum atomic E-state index is 0.989. The Hall–Kier alpha value is -1.76. The van der Waals surface area contributed by atoms with Crippen LogP contribution in [0, 0.1) is 6.92 Å². The standard InChI is InChI=1S/C14H12O/c1-10-4-5-11-8-13(9-12(11)7-10)14-3-2-6-15-14/h2-7,9H,8H2,1H3. The number of allylic oxidation sites excluding steroid dienone is 1. The van der Waals surface area contributed by atoms with Crippen molar-refractivity contribution in [2.24, 2.45) is 0 Å². The fourth-order valence-corrected chi connectivity index (χ4v) is 2.07. The van der Waals surface area contributed by atoms with Crippen molar-refractivity contribution < 1.29 is 4.42 Å². The maximum absolute atomic E-state index is 5.41. The Morgan fingerprint density at radius 2 is 2.13 bits per heavy atom. The van der Waals surface area contributed by atoms with E-state index >= 15 is 0 Å². The van der Waals surface area contributed by atoms with Gasteiger partial charge in [-0.25, -0.2) is 0 Å². The topological polar surface area (TPSA) is 13.1 Å². The molecule has 2 aromatic rings. The third-order valence-corrected chi connectivity index (χ3v) is 2.85. The minimum Gasteiger partial charge on any atom is -0.465 e. The first-order valence-corrected chi connectivity index (χ1v) is 5.17. The minimum absolute atomic E-state index is 0.989. The molecule has 0 spiro atoms. The third kappa shape index (κ3) is 1.40. The largest absolute Gasteiger partial charge is 0.465 e. The maximum Gasteiger partial charge on any atom is 0.130 e. The van der Waals surface area contributed by atoms with Crippen molar-refractivity contribution in [3.05, 3.63) is 59.0 Å². The van der Waals surface area contributed by atoms with E-state index in [1.54, 1.807) is 6.26 Å². The van der Waals surface area contributed by atoms with E-state index in [9.17, 15) is 0 Å². The van der Waals surface area contributed by atoms with Crippen LogP contribution in [0.15, 0.2) is 41.0 Å². The molecular formula is C14H12O. The van der Waals surface area contributed by atoms with Crippen molar-refractivity contribution in [3.8, 4) is 0 Å². The van der Waals surface area contributed by atoms with Gasteiger partial charge < -0.3 is 4.42 Å². The van der Waals surface area contributed by atoms with Gasteiger partial charge >= 0.3 is 0 Å². The molecule has 1 aliphatic rings. The lowest BCUT2D eigenvalue weighted by Gasteiger charge is -1.99. The normalized spacial score (nSPS) is 13.8. The van der Waals surface area contributed by atoms with Gasteiger partial charge in [0, 0.05) is 6.42 Å². The molecule has 15 heavy (non-hydrogen) atoms. The first-order valence-electron chi connectivity index (χ1n) is 5.17. The fourth-order valence-electron chi connectivity index (χ4n) is 2.07. The Morgan fingerprint density at radius 3 is 2.93 bits per heavy atom. The van der Waals surface area contributed by atoms with Crippen LogP contribution in [0.1, 0.15) is 22.5 Å². The van der Waals surface area contributed by atoms with Crippen LogP contribution in [0.2, 0.25) is 0 Å². The molecule has 74 valence electrons. The highest BCUT2D eigenvalue weighted by Gasteiger charge is 2.15. The fraction of sp³-hybridized carbons (Fsp3) is 0.143. The number of hydrogen-bond acceptors (Lipinski definition) is 1. The van der Waals surface area contributed by atoms with Crippen molar-refractivity contribution in [3.63, 3.8) is 0 Å². The average molecular weight is 196 g/mol. The summed E-state index contributed by atoms with van der Waals surface area (Å²) in [7, 11) is 0. The number of benzene rings is 1. The van der Waals surface area contributed by atoms with E-state index in [2.05, 4.69) is 31.2 Å². The second-order valence-corrected chi connectivity index (χ2v) is 4.03. The van der Waals surface area contributed by atoms with Crippen molar-refractivity contribution >= 4 is 11.6 Å². The molecule has 1 heterocycles. The molecule has 0 bridgehead atoms. The van der Waals surface area contributed by atoms with E-state index in [0.29, 0.717) is 0 Å². The molecule has 0 atom stereocenters. The van der Waals surface area contributed by atoms with Crippen LogP contribution in [0.3, 0.4) is 0 Å². The predicted molar refractivity (Wildman–Crippen MR) is 61.5 cm³/mol.